The molecule has 4 aromatic carbocycles. The molecule has 2 heteroatoms. The van der Waals surface area contributed by atoms with Crippen LogP contribution in [0.15, 0.2) is 72.8 Å². The maximum absolute atomic E-state index is 5.94. The molecule has 0 unspecified atom stereocenters. The average Bonchev–Trinajstić information content (AvgIpc) is 3.10. The van der Waals surface area contributed by atoms with Crippen molar-refractivity contribution in [2.45, 2.75) is 38.0 Å². The minimum atomic E-state index is -0.209. The van der Waals surface area contributed by atoms with E-state index in [4.69, 9.17) is 4.74 Å². The molecule has 2 atom stereocenters. The lowest BCUT2D eigenvalue weighted by Crippen LogP contribution is -2.14. The van der Waals surface area contributed by atoms with E-state index in [1.165, 1.54) is 45.5 Å². The van der Waals surface area contributed by atoms with Gasteiger partial charge in [-0.15, -0.1) is 0 Å². The summed E-state index contributed by atoms with van der Waals surface area (Å²) in [5, 5.41) is 6.73. The molecule has 5 rings (SSSR count). The van der Waals surface area contributed by atoms with Crippen molar-refractivity contribution in [3.05, 3.63) is 72.8 Å². The van der Waals surface area contributed by atoms with E-state index in [9.17, 15) is 0 Å². The molecule has 1 heterocycles. The van der Waals surface area contributed by atoms with Crippen LogP contribution < -0.4 is 10.0 Å². The van der Waals surface area contributed by atoms with Crippen LogP contribution >= 0.6 is 7.92 Å². The average molecular weight is 398 g/mol. The molecule has 0 radical (unpaired) electrons. The Balaban J connectivity index is 1.92. The first kappa shape index (κ1) is 18.6. The van der Waals surface area contributed by atoms with Crippen LogP contribution in [0.3, 0.4) is 0 Å². The summed E-state index contributed by atoms with van der Waals surface area (Å²) in [6.07, 6.45) is 2.68. The minimum absolute atomic E-state index is 0.209. The number of ether oxygens (including phenoxy) is 1. The van der Waals surface area contributed by atoms with Crippen LogP contribution in [0, 0.1) is 0 Å². The second-order valence-electron chi connectivity index (χ2n) is 8.23. The fraction of sp³-hybridized carbons (Fsp3) is 0.259. The Morgan fingerprint density at radius 2 is 1.24 bits per heavy atom. The molecule has 0 spiro atoms. The fourth-order valence-electron chi connectivity index (χ4n) is 5.09. The van der Waals surface area contributed by atoms with Gasteiger partial charge in [-0.05, 0) is 57.1 Å². The Bertz CT molecular complexity index is 1190. The topological polar surface area (TPSA) is 9.23 Å². The Morgan fingerprint density at radius 3 is 1.86 bits per heavy atom. The van der Waals surface area contributed by atoms with Gasteiger partial charge in [-0.3, -0.25) is 0 Å². The zero-order valence-electron chi connectivity index (χ0n) is 17.4. The maximum Gasteiger partial charge on any atom is 0.127 e. The summed E-state index contributed by atoms with van der Waals surface area (Å²) >= 11 is 0. The van der Waals surface area contributed by atoms with Crippen LogP contribution in [0.5, 0.6) is 5.75 Å². The van der Waals surface area contributed by atoms with E-state index < -0.39 is 0 Å². The quantitative estimate of drug-likeness (QED) is 0.328. The monoisotopic (exact) mass is 398 g/mol. The van der Waals surface area contributed by atoms with Gasteiger partial charge in [-0.1, -0.05) is 88.5 Å². The summed E-state index contributed by atoms with van der Waals surface area (Å²) < 4.78 is 5.94. The molecule has 1 aliphatic heterocycles. The van der Waals surface area contributed by atoms with Crippen molar-refractivity contribution in [2.24, 2.45) is 0 Å². The molecular weight excluding hydrogens is 371 g/mol. The highest BCUT2D eigenvalue weighted by Gasteiger charge is 2.33. The Morgan fingerprint density at radius 1 is 0.690 bits per heavy atom. The third-order valence-corrected chi connectivity index (χ3v) is 9.84. The molecule has 0 amide bonds. The summed E-state index contributed by atoms with van der Waals surface area (Å²) in [5.74, 6) is 0.968. The highest BCUT2D eigenvalue weighted by molar-refractivity contribution is 7.67. The van der Waals surface area contributed by atoms with Gasteiger partial charge in [-0.25, -0.2) is 0 Å². The van der Waals surface area contributed by atoms with Gasteiger partial charge in [0.2, 0.25) is 0 Å². The van der Waals surface area contributed by atoms with Crippen molar-refractivity contribution in [3.8, 4) is 16.9 Å². The van der Waals surface area contributed by atoms with Gasteiger partial charge < -0.3 is 4.74 Å². The predicted octanol–water partition coefficient (Wildman–Crippen LogP) is 7.35. The van der Waals surface area contributed by atoms with E-state index in [2.05, 4.69) is 86.6 Å². The zero-order valence-corrected chi connectivity index (χ0v) is 18.2. The van der Waals surface area contributed by atoms with Gasteiger partial charge in [0, 0.05) is 11.1 Å². The zero-order chi connectivity index (χ0) is 20.0. The van der Waals surface area contributed by atoms with Gasteiger partial charge >= 0.3 is 0 Å². The Hall–Kier alpha value is -2.37. The van der Waals surface area contributed by atoms with Crippen molar-refractivity contribution >= 4 is 34.8 Å². The second kappa shape index (κ2) is 7.47. The minimum Gasteiger partial charge on any atom is -0.496 e. The molecule has 0 aromatic heterocycles. The third kappa shape index (κ3) is 3.04. The van der Waals surface area contributed by atoms with Crippen LogP contribution in [-0.4, -0.2) is 18.4 Å². The standard InChI is InChI=1S/C27H27OP/c1-18-12-13-19(2)29(18)25-17-15-21-9-5-7-11-23(21)27(25)26-22-10-6-4-8-20(22)14-16-24(26)28-3/h4-11,14-19H,12-13H2,1-3H3/t18-,19-/m1/s1. The lowest BCUT2D eigenvalue weighted by atomic mass is 9.93. The van der Waals surface area contributed by atoms with Crippen LogP contribution in [-0.2, 0) is 0 Å². The van der Waals surface area contributed by atoms with Crippen molar-refractivity contribution < 1.29 is 4.74 Å². The molecule has 146 valence electrons. The normalized spacial score (nSPS) is 19.8. The molecule has 1 aliphatic rings. The SMILES string of the molecule is COc1ccc2ccccc2c1-c1c(P2[C@H](C)CC[C@H]2C)ccc2ccccc12. The smallest absolute Gasteiger partial charge is 0.127 e. The van der Waals surface area contributed by atoms with Crippen LogP contribution in [0.1, 0.15) is 26.7 Å². The summed E-state index contributed by atoms with van der Waals surface area (Å²) in [6.45, 7) is 4.91. The predicted molar refractivity (Wildman–Crippen MR) is 128 cm³/mol. The number of methoxy groups -OCH3 is 1. The van der Waals surface area contributed by atoms with E-state index >= 15 is 0 Å². The molecule has 0 N–H and O–H groups in total. The van der Waals surface area contributed by atoms with Crippen molar-refractivity contribution in [1.82, 2.24) is 0 Å². The number of benzene rings is 4. The first-order valence-electron chi connectivity index (χ1n) is 10.5. The molecule has 1 saturated heterocycles. The van der Waals surface area contributed by atoms with Crippen molar-refractivity contribution in [1.29, 1.82) is 0 Å². The van der Waals surface area contributed by atoms with Crippen LogP contribution in [0.25, 0.3) is 32.7 Å². The highest BCUT2D eigenvalue weighted by atomic mass is 31.1. The summed E-state index contributed by atoms with van der Waals surface area (Å²) in [5.41, 5.74) is 4.18. The lowest BCUT2D eigenvalue weighted by Gasteiger charge is -2.27. The maximum atomic E-state index is 5.94. The summed E-state index contributed by atoms with van der Waals surface area (Å²) in [4.78, 5) is 0. The summed E-state index contributed by atoms with van der Waals surface area (Å²) in [6, 6.07) is 26.6. The van der Waals surface area contributed by atoms with E-state index in [0.29, 0.717) is 0 Å². The van der Waals surface area contributed by atoms with E-state index in [0.717, 1.165) is 17.1 Å². The highest BCUT2D eigenvalue weighted by Crippen LogP contribution is 2.57. The summed E-state index contributed by atoms with van der Waals surface area (Å²) in [7, 11) is 1.59. The molecular formula is C27H27OP. The number of hydrogen-bond donors (Lipinski definition) is 0. The van der Waals surface area contributed by atoms with Crippen molar-refractivity contribution in [3.63, 3.8) is 0 Å². The van der Waals surface area contributed by atoms with E-state index in [1.54, 1.807) is 12.4 Å². The molecule has 0 aliphatic carbocycles. The molecule has 0 bridgehead atoms. The third-order valence-electron chi connectivity index (χ3n) is 6.50. The molecule has 0 saturated carbocycles. The molecule has 1 fully saturated rings. The Labute approximate surface area is 174 Å². The van der Waals surface area contributed by atoms with Gasteiger partial charge in [0.1, 0.15) is 5.75 Å². The van der Waals surface area contributed by atoms with E-state index in [-0.39, 0.29) is 7.92 Å². The number of rotatable bonds is 3. The van der Waals surface area contributed by atoms with Gasteiger partial charge in [-0.2, -0.15) is 0 Å². The van der Waals surface area contributed by atoms with Crippen molar-refractivity contribution in [2.75, 3.05) is 7.11 Å². The second-order valence-corrected chi connectivity index (χ2v) is 11.3. The fourth-order valence-corrected chi connectivity index (χ4v) is 8.50. The largest absolute Gasteiger partial charge is 0.496 e. The van der Waals surface area contributed by atoms with Crippen LogP contribution in [0.2, 0.25) is 0 Å². The Kier molecular flexibility index (Phi) is 4.80. The van der Waals surface area contributed by atoms with Gasteiger partial charge in [0.05, 0.1) is 7.11 Å². The van der Waals surface area contributed by atoms with E-state index in [1.807, 2.05) is 0 Å². The molecule has 29 heavy (non-hydrogen) atoms. The number of fused-ring (bicyclic) bond motifs is 2. The van der Waals surface area contributed by atoms with Gasteiger partial charge in [0.25, 0.3) is 0 Å². The first-order valence-corrected chi connectivity index (χ1v) is 12.0. The lowest BCUT2D eigenvalue weighted by molar-refractivity contribution is 0.417. The molecule has 1 nitrogen and oxygen atoms in total. The first-order chi connectivity index (χ1) is 14.2. The number of hydrogen-bond acceptors (Lipinski definition) is 1. The molecule has 4 aromatic rings. The van der Waals surface area contributed by atoms with Gasteiger partial charge in [0.15, 0.2) is 0 Å². The van der Waals surface area contributed by atoms with Crippen LogP contribution in [0.4, 0.5) is 0 Å².